The highest BCUT2D eigenvalue weighted by Gasteiger charge is 2.07. The number of benzene rings is 2. The van der Waals surface area contributed by atoms with Gasteiger partial charge >= 0.3 is 0 Å². The minimum absolute atomic E-state index is 0.0377. The SMILES string of the molecule is O=C(NCCc1ccc(CO)cc1)c1cnc(-c2ccccc2)nc1. The second-order valence-corrected chi connectivity index (χ2v) is 5.64. The van der Waals surface area contributed by atoms with E-state index in [1.54, 1.807) is 12.4 Å². The van der Waals surface area contributed by atoms with Gasteiger partial charge in [-0.05, 0) is 17.5 Å². The first-order chi connectivity index (χ1) is 12.3. The van der Waals surface area contributed by atoms with Gasteiger partial charge in [0.2, 0.25) is 0 Å². The molecule has 2 N–H and O–H groups in total. The summed E-state index contributed by atoms with van der Waals surface area (Å²) in [5, 5.41) is 11.9. The molecule has 0 radical (unpaired) electrons. The molecule has 0 unspecified atom stereocenters. The van der Waals surface area contributed by atoms with Gasteiger partial charge in [-0.25, -0.2) is 9.97 Å². The van der Waals surface area contributed by atoms with Crippen molar-refractivity contribution in [1.82, 2.24) is 15.3 Å². The molecule has 0 aliphatic rings. The van der Waals surface area contributed by atoms with Crippen LogP contribution in [0.1, 0.15) is 21.5 Å². The van der Waals surface area contributed by atoms with Crippen molar-refractivity contribution in [3.8, 4) is 11.4 Å². The molecule has 0 aliphatic carbocycles. The zero-order chi connectivity index (χ0) is 17.5. The summed E-state index contributed by atoms with van der Waals surface area (Å²) < 4.78 is 0. The van der Waals surface area contributed by atoms with Crippen molar-refractivity contribution in [1.29, 1.82) is 0 Å². The Bertz CT molecular complexity index is 816. The Morgan fingerprint density at radius 1 is 0.920 bits per heavy atom. The smallest absolute Gasteiger partial charge is 0.254 e. The fourth-order valence-electron chi connectivity index (χ4n) is 2.42. The number of hydrogen-bond donors (Lipinski definition) is 2. The van der Waals surface area contributed by atoms with Gasteiger partial charge in [0.25, 0.3) is 5.91 Å². The number of carbonyl (C=O) groups excluding carboxylic acids is 1. The van der Waals surface area contributed by atoms with Crippen LogP contribution in [0, 0.1) is 0 Å². The molecule has 0 saturated carbocycles. The number of aliphatic hydroxyl groups is 1. The molecule has 1 heterocycles. The zero-order valence-corrected chi connectivity index (χ0v) is 13.7. The Hall–Kier alpha value is -3.05. The quantitative estimate of drug-likeness (QED) is 0.727. The van der Waals surface area contributed by atoms with Crippen molar-refractivity contribution >= 4 is 5.91 Å². The fraction of sp³-hybridized carbons (Fsp3) is 0.150. The van der Waals surface area contributed by atoms with Crippen LogP contribution in [0.2, 0.25) is 0 Å². The van der Waals surface area contributed by atoms with Crippen molar-refractivity contribution in [2.75, 3.05) is 6.54 Å². The number of amides is 1. The number of carbonyl (C=O) groups is 1. The van der Waals surface area contributed by atoms with Crippen LogP contribution in [0.5, 0.6) is 0 Å². The van der Waals surface area contributed by atoms with Gasteiger partial charge in [-0.1, -0.05) is 54.6 Å². The maximum atomic E-state index is 12.2. The van der Waals surface area contributed by atoms with E-state index < -0.39 is 0 Å². The van der Waals surface area contributed by atoms with E-state index in [0.29, 0.717) is 17.9 Å². The van der Waals surface area contributed by atoms with Crippen LogP contribution < -0.4 is 5.32 Å². The van der Waals surface area contributed by atoms with E-state index >= 15 is 0 Å². The summed E-state index contributed by atoms with van der Waals surface area (Å²) >= 11 is 0. The van der Waals surface area contributed by atoms with Crippen LogP contribution in [-0.4, -0.2) is 27.5 Å². The molecular formula is C20H19N3O2. The standard InChI is InChI=1S/C20H19N3O2/c24-14-16-8-6-15(7-9-16)10-11-21-20(25)18-12-22-19(23-13-18)17-4-2-1-3-5-17/h1-9,12-13,24H,10-11,14H2,(H,21,25). The summed E-state index contributed by atoms with van der Waals surface area (Å²) in [7, 11) is 0. The summed E-state index contributed by atoms with van der Waals surface area (Å²) in [6.07, 6.45) is 3.81. The molecule has 0 aliphatic heterocycles. The lowest BCUT2D eigenvalue weighted by Gasteiger charge is -2.06. The van der Waals surface area contributed by atoms with Crippen LogP contribution in [0.3, 0.4) is 0 Å². The van der Waals surface area contributed by atoms with Gasteiger partial charge in [-0.2, -0.15) is 0 Å². The zero-order valence-electron chi connectivity index (χ0n) is 13.7. The molecule has 1 aromatic heterocycles. The number of nitrogens with one attached hydrogen (secondary N) is 1. The van der Waals surface area contributed by atoms with E-state index in [4.69, 9.17) is 5.11 Å². The monoisotopic (exact) mass is 333 g/mol. The topological polar surface area (TPSA) is 75.1 Å². The summed E-state index contributed by atoms with van der Waals surface area (Å²) in [5.41, 5.74) is 3.34. The van der Waals surface area contributed by atoms with E-state index in [-0.39, 0.29) is 12.5 Å². The molecule has 25 heavy (non-hydrogen) atoms. The molecule has 3 aromatic rings. The van der Waals surface area contributed by atoms with Crippen molar-refractivity contribution in [2.24, 2.45) is 0 Å². The third kappa shape index (κ3) is 4.49. The van der Waals surface area contributed by atoms with Gasteiger partial charge in [0.05, 0.1) is 12.2 Å². The number of hydrogen-bond acceptors (Lipinski definition) is 4. The summed E-state index contributed by atoms with van der Waals surface area (Å²) in [4.78, 5) is 20.7. The highest BCUT2D eigenvalue weighted by atomic mass is 16.3. The average Bonchev–Trinajstić information content (AvgIpc) is 2.69. The van der Waals surface area contributed by atoms with Crippen LogP contribution in [0.25, 0.3) is 11.4 Å². The maximum absolute atomic E-state index is 12.2. The van der Waals surface area contributed by atoms with Crippen molar-refractivity contribution in [3.63, 3.8) is 0 Å². The first-order valence-corrected chi connectivity index (χ1v) is 8.10. The second kappa shape index (κ2) is 8.17. The van der Waals surface area contributed by atoms with E-state index in [2.05, 4.69) is 15.3 Å². The van der Waals surface area contributed by atoms with Gasteiger partial charge in [0.1, 0.15) is 0 Å². The first-order valence-electron chi connectivity index (χ1n) is 8.10. The molecule has 0 bridgehead atoms. The maximum Gasteiger partial charge on any atom is 0.254 e. The minimum atomic E-state index is -0.188. The Morgan fingerprint density at radius 2 is 1.56 bits per heavy atom. The van der Waals surface area contributed by atoms with Gasteiger partial charge in [-0.3, -0.25) is 4.79 Å². The average molecular weight is 333 g/mol. The van der Waals surface area contributed by atoms with E-state index in [0.717, 1.165) is 23.1 Å². The highest BCUT2D eigenvalue weighted by Crippen LogP contribution is 2.13. The molecule has 2 aromatic carbocycles. The number of nitrogens with zero attached hydrogens (tertiary/aromatic N) is 2. The molecule has 5 heteroatoms. The highest BCUT2D eigenvalue weighted by molar-refractivity contribution is 5.93. The third-order valence-electron chi connectivity index (χ3n) is 3.85. The lowest BCUT2D eigenvalue weighted by Crippen LogP contribution is -2.26. The molecule has 0 saturated heterocycles. The van der Waals surface area contributed by atoms with E-state index in [1.165, 1.54) is 0 Å². The first kappa shape index (κ1) is 16.8. The molecule has 3 rings (SSSR count). The molecule has 126 valence electrons. The molecule has 1 amide bonds. The van der Waals surface area contributed by atoms with Crippen molar-refractivity contribution in [2.45, 2.75) is 13.0 Å². The second-order valence-electron chi connectivity index (χ2n) is 5.64. The van der Waals surface area contributed by atoms with Crippen LogP contribution >= 0.6 is 0 Å². The Morgan fingerprint density at radius 3 is 2.20 bits per heavy atom. The number of aromatic nitrogens is 2. The summed E-state index contributed by atoms with van der Waals surface area (Å²) in [6, 6.07) is 17.3. The molecule has 0 atom stereocenters. The Kier molecular flexibility index (Phi) is 5.49. The molecule has 5 nitrogen and oxygen atoms in total. The number of rotatable bonds is 6. The predicted octanol–water partition coefficient (Wildman–Crippen LogP) is 2.61. The Labute approximate surface area is 146 Å². The van der Waals surface area contributed by atoms with E-state index in [9.17, 15) is 4.79 Å². The van der Waals surface area contributed by atoms with Crippen molar-refractivity contribution in [3.05, 3.63) is 83.7 Å². The lowest BCUT2D eigenvalue weighted by atomic mass is 10.1. The summed E-state index contributed by atoms with van der Waals surface area (Å²) in [6.45, 7) is 0.563. The number of aliphatic hydroxyl groups excluding tert-OH is 1. The fourth-order valence-corrected chi connectivity index (χ4v) is 2.42. The normalized spacial score (nSPS) is 10.4. The molecule has 0 fully saturated rings. The van der Waals surface area contributed by atoms with Crippen molar-refractivity contribution < 1.29 is 9.90 Å². The Balaban J connectivity index is 1.54. The minimum Gasteiger partial charge on any atom is -0.392 e. The van der Waals surface area contributed by atoms with Gasteiger partial charge in [0.15, 0.2) is 5.82 Å². The molecular weight excluding hydrogens is 314 g/mol. The van der Waals surface area contributed by atoms with Crippen LogP contribution in [0.15, 0.2) is 67.0 Å². The molecule has 0 spiro atoms. The summed E-state index contributed by atoms with van der Waals surface area (Å²) in [5.74, 6) is 0.410. The van der Waals surface area contributed by atoms with Gasteiger partial charge in [0, 0.05) is 24.5 Å². The van der Waals surface area contributed by atoms with E-state index in [1.807, 2.05) is 54.6 Å². The lowest BCUT2D eigenvalue weighted by molar-refractivity contribution is 0.0953. The van der Waals surface area contributed by atoms with Gasteiger partial charge < -0.3 is 10.4 Å². The van der Waals surface area contributed by atoms with Crippen LogP contribution in [-0.2, 0) is 13.0 Å². The third-order valence-corrected chi connectivity index (χ3v) is 3.85. The van der Waals surface area contributed by atoms with Gasteiger partial charge in [-0.15, -0.1) is 0 Å². The predicted molar refractivity (Wildman–Crippen MR) is 95.9 cm³/mol. The van der Waals surface area contributed by atoms with Crippen LogP contribution in [0.4, 0.5) is 0 Å². The largest absolute Gasteiger partial charge is 0.392 e.